The highest BCUT2D eigenvalue weighted by Gasteiger charge is 2.27. The van der Waals surface area contributed by atoms with Gasteiger partial charge in [-0.2, -0.15) is 0 Å². The van der Waals surface area contributed by atoms with E-state index in [9.17, 15) is 9.18 Å². The Balaban J connectivity index is 1.35. The third kappa shape index (κ3) is 4.49. The minimum atomic E-state index is -0.347. The fourth-order valence-corrected chi connectivity index (χ4v) is 4.85. The van der Waals surface area contributed by atoms with E-state index >= 15 is 0 Å². The predicted molar refractivity (Wildman–Crippen MR) is 137 cm³/mol. The van der Waals surface area contributed by atoms with Crippen LogP contribution in [-0.4, -0.2) is 58.6 Å². The zero-order chi connectivity index (χ0) is 25.5. The molecular formula is C27H27FN6O3. The summed E-state index contributed by atoms with van der Waals surface area (Å²) in [5.41, 5.74) is 5.05. The summed E-state index contributed by atoms with van der Waals surface area (Å²) in [6.07, 6.45) is 4.23. The first-order valence-electron chi connectivity index (χ1n) is 12.2. The van der Waals surface area contributed by atoms with Gasteiger partial charge in [0.25, 0.3) is 5.91 Å². The van der Waals surface area contributed by atoms with Crippen molar-refractivity contribution in [3.8, 4) is 17.0 Å². The summed E-state index contributed by atoms with van der Waals surface area (Å²) in [4.78, 5) is 24.1. The number of pyridine rings is 2. The second kappa shape index (κ2) is 9.45. The van der Waals surface area contributed by atoms with Gasteiger partial charge in [-0.1, -0.05) is 6.07 Å². The van der Waals surface area contributed by atoms with E-state index in [1.165, 1.54) is 12.1 Å². The largest absolute Gasteiger partial charge is 0.486 e. The molecule has 4 aromatic rings. The number of ether oxygens (including phenoxy) is 2. The molecule has 6 rings (SSSR count). The van der Waals surface area contributed by atoms with Crippen LogP contribution in [0, 0.1) is 5.82 Å². The highest BCUT2D eigenvalue weighted by atomic mass is 19.1. The molecular weight excluding hydrogens is 475 g/mol. The van der Waals surface area contributed by atoms with Crippen LogP contribution < -0.4 is 15.4 Å². The molecule has 37 heavy (non-hydrogen) atoms. The molecule has 0 saturated carbocycles. The number of nitrogens with one attached hydrogen (secondary N) is 2. The maximum Gasteiger partial charge on any atom is 0.254 e. The van der Waals surface area contributed by atoms with Crippen LogP contribution in [0.15, 0.2) is 48.8 Å². The lowest BCUT2D eigenvalue weighted by Gasteiger charge is -2.19. The summed E-state index contributed by atoms with van der Waals surface area (Å²) in [6, 6.07) is 10.4. The molecule has 0 spiro atoms. The number of carbonyl (C=O) groups excluding carboxylic acids is 1. The van der Waals surface area contributed by atoms with Crippen LogP contribution in [0.3, 0.4) is 0 Å². The predicted octanol–water partition coefficient (Wildman–Crippen LogP) is 3.75. The number of rotatable bonds is 7. The molecule has 1 amide bonds. The van der Waals surface area contributed by atoms with Crippen LogP contribution in [-0.2, 0) is 17.8 Å². The quantitative estimate of drug-likeness (QED) is 0.398. The van der Waals surface area contributed by atoms with Crippen molar-refractivity contribution in [2.24, 2.45) is 0 Å². The summed E-state index contributed by atoms with van der Waals surface area (Å²) in [5.74, 6) is 0.846. The van der Waals surface area contributed by atoms with Gasteiger partial charge >= 0.3 is 0 Å². The molecule has 0 radical (unpaired) electrons. The van der Waals surface area contributed by atoms with Gasteiger partial charge in [0, 0.05) is 37.3 Å². The first kappa shape index (κ1) is 23.4. The molecule has 1 aromatic carbocycles. The summed E-state index contributed by atoms with van der Waals surface area (Å²) in [5, 5.41) is 6.27. The van der Waals surface area contributed by atoms with Crippen LogP contribution in [0.25, 0.3) is 16.9 Å². The van der Waals surface area contributed by atoms with Crippen LogP contribution in [0.2, 0.25) is 0 Å². The Morgan fingerprint density at radius 1 is 1.27 bits per heavy atom. The molecule has 0 bridgehead atoms. The highest BCUT2D eigenvalue weighted by molar-refractivity contribution is 6.06. The number of aromatic nitrogens is 3. The van der Waals surface area contributed by atoms with E-state index in [2.05, 4.69) is 15.6 Å². The second-order valence-corrected chi connectivity index (χ2v) is 9.52. The Kier molecular flexibility index (Phi) is 5.97. The molecule has 3 aromatic heterocycles. The first-order valence-corrected chi connectivity index (χ1v) is 12.2. The van der Waals surface area contributed by atoms with Gasteiger partial charge in [0.1, 0.15) is 29.1 Å². The number of benzene rings is 1. The van der Waals surface area contributed by atoms with Crippen LogP contribution in [0.1, 0.15) is 28.0 Å². The number of hydrogen-bond donors (Lipinski definition) is 2. The number of fused-ring (bicyclic) bond motifs is 2. The molecule has 190 valence electrons. The van der Waals surface area contributed by atoms with Gasteiger partial charge in [-0.05, 0) is 43.9 Å². The Hall–Kier alpha value is -4.02. The molecule has 2 aliphatic rings. The van der Waals surface area contributed by atoms with Gasteiger partial charge in [0.2, 0.25) is 0 Å². The molecule has 0 unspecified atom stereocenters. The molecule has 1 saturated heterocycles. The van der Waals surface area contributed by atoms with E-state index in [1.54, 1.807) is 12.4 Å². The third-order valence-electron chi connectivity index (χ3n) is 6.56. The number of halogens is 1. The number of nitrogens with zero attached hydrogens (tertiary/aromatic N) is 4. The van der Waals surface area contributed by atoms with E-state index < -0.39 is 0 Å². The number of hydrogen-bond acceptors (Lipinski definition) is 7. The average molecular weight is 503 g/mol. The molecule has 10 heteroatoms. The maximum atomic E-state index is 13.7. The number of amides is 1. The van der Waals surface area contributed by atoms with Gasteiger partial charge in [-0.3, -0.25) is 9.20 Å². The third-order valence-corrected chi connectivity index (χ3v) is 6.56. The molecule has 5 heterocycles. The topological polar surface area (TPSA) is 93.0 Å². The fraction of sp³-hybridized carbons (Fsp3) is 0.296. The zero-order valence-corrected chi connectivity index (χ0v) is 20.6. The zero-order valence-electron chi connectivity index (χ0n) is 20.6. The Morgan fingerprint density at radius 3 is 2.97 bits per heavy atom. The summed E-state index contributed by atoms with van der Waals surface area (Å²) in [6.45, 7) is 2.28. The van der Waals surface area contributed by atoms with Crippen molar-refractivity contribution in [2.45, 2.75) is 25.6 Å². The Labute approximate surface area is 213 Å². The minimum absolute atomic E-state index is 0.0251. The van der Waals surface area contributed by atoms with E-state index in [0.29, 0.717) is 49.0 Å². The average Bonchev–Trinajstić information content (AvgIpc) is 3.61. The molecule has 1 atom stereocenters. The molecule has 0 aliphatic carbocycles. The lowest BCUT2D eigenvalue weighted by atomic mass is 9.99. The van der Waals surface area contributed by atoms with E-state index in [0.717, 1.165) is 34.7 Å². The minimum Gasteiger partial charge on any atom is -0.486 e. The molecule has 1 fully saturated rings. The van der Waals surface area contributed by atoms with Gasteiger partial charge in [0.15, 0.2) is 0 Å². The smallest absolute Gasteiger partial charge is 0.254 e. The normalized spacial score (nSPS) is 16.9. The highest BCUT2D eigenvalue weighted by Crippen LogP contribution is 2.36. The van der Waals surface area contributed by atoms with Crippen LogP contribution in [0.5, 0.6) is 5.75 Å². The summed E-state index contributed by atoms with van der Waals surface area (Å²) >= 11 is 0. The van der Waals surface area contributed by atoms with Crippen molar-refractivity contribution in [3.63, 3.8) is 0 Å². The number of anilines is 2. The number of carbonyl (C=O) groups is 1. The Bertz CT molecular complexity index is 1500. The summed E-state index contributed by atoms with van der Waals surface area (Å²) in [7, 11) is 3.96. The first-order chi connectivity index (χ1) is 18.0. The second-order valence-electron chi connectivity index (χ2n) is 9.52. The standard InChI is InChI=1S/C27H27FN6O3/c1-33(2)14-21-23(37-17-8-10-36-15-17)5-6-24(32-21)31-20-4-3-18(19-12-30-27(35)26(19)20)22-13-29-25-11-16(28)7-9-34(22)25/h3-7,9,11,13,17H,8,10,12,14-15H2,1-2H3,(H,30,35)(H,31,32)/t17-/m1/s1. The van der Waals surface area contributed by atoms with Crippen molar-refractivity contribution in [1.29, 1.82) is 0 Å². The van der Waals surface area contributed by atoms with Gasteiger partial charge in [-0.25, -0.2) is 14.4 Å². The van der Waals surface area contributed by atoms with Gasteiger partial charge < -0.3 is 25.0 Å². The van der Waals surface area contributed by atoms with Crippen molar-refractivity contribution in [2.75, 3.05) is 32.6 Å². The van der Waals surface area contributed by atoms with E-state index in [-0.39, 0.29) is 17.8 Å². The van der Waals surface area contributed by atoms with Gasteiger partial charge in [0.05, 0.1) is 42.0 Å². The lowest BCUT2D eigenvalue weighted by molar-refractivity contribution is 0.0966. The van der Waals surface area contributed by atoms with Crippen molar-refractivity contribution in [3.05, 3.63) is 71.4 Å². The monoisotopic (exact) mass is 502 g/mol. The maximum absolute atomic E-state index is 13.7. The van der Waals surface area contributed by atoms with Crippen molar-refractivity contribution >= 4 is 23.1 Å². The lowest BCUT2D eigenvalue weighted by Crippen LogP contribution is -2.19. The van der Waals surface area contributed by atoms with Crippen LogP contribution >= 0.6 is 0 Å². The number of imidazole rings is 1. The van der Waals surface area contributed by atoms with Crippen LogP contribution in [0.4, 0.5) is 15.9 Å². The van der Waals surface area contributed by atoms with E-state index in [4.69, 9.17) is 14.5 Å². The molecule has 2 aliphatic heterocycles. The van der Waals surface area contributed by atoms with Gasteiger partial charge in [-0.15, -0.1) is 0 Å². The molecule has 9 nitrogen and oxygen atoms in total. The molecule has 2 N–H and O–H groups in total. The van der Waals surface area contributed by atoms with Crippen molar-refractivity contribution < 1.29 is 18.7 Å². The fourth-order valence-electron chi connectivity index (χ4n) is 4.85. The van der Waals surface area contributed by atoms with Crippen molar-refractivity contribution in [1.82, 2.24) is 24.6 Å². The Morgan fingerprint density at radius 2 is 2.16 bits per heavy atom. The van der Waals surface area contributed by atoms with E-state index in [1.807, 2.05) is 47.7 Å². The summed E-state index contributed by atoms with van der Waals surface area (Å²) < 4.78 is 27.1. The SMILES string of the molecule is CN(C)Cc1nc(Nc2ccc(-c3cnc4cc(F)ccn34)c3c2C(=O)NC3)ccc1O[C@@H]1CCOC1.